The Labute approximate surface area is 143 Å². The van der Waals surface area contributed by atoms with Crippen molar-refractivity contribution in [1.82, 2.24) is 4.90 Å². The zero-order chi connectivity index (χ0) is 17.1. The fraction of sp³-hybridized carbons (Fsp3) is 0.333. The molecule has 126 valence electrons. The van der Waals surface area contributed by atoms with Gasteiger partial charge in [0.15, 0.2) is 0 Å². The largest absolute Gasteiger partial charge is 0.481 e. The molecular weight excluding hydrogens is 329 g/mol. The van der Waals surface area contributed by atoms with E-state index in [4.69, 9.17) is 0 Å². The minimum absolute atomic E-state index is 0.0674. The Morgan fingerprint density at radius 2 is 2.08 bits per heavy atom. The summed E-state index contributed by atoms with van der Waals surface area (Å²) in [4.78, 5) is 26.5. The van der Waals surface area contributed by atoms with Crippen LogP contribution in [0.5, 0.6) is 0 Å². The number of likely N-dealkylation sites (tertiary alicyclic amines) is 1. The minimum atomic E-state index is -0.892. The van der Waals surface area contributed by atoms with Crippen LogP contribution in [0.15, 0.2) is 41.8 Å². The molecule has 2 atom stereocenters. The number of aliphatic carboxylic acids is 1. The van der Waals surface area contributed by atoms with Gasteiger partial charge in [-0.15, -0.1) is 11.3 Å². The summed E-state index contributed by atoms with van der Waals surface area (Å²) < 4.78 is 13.8. The Bertz CT molecular complexity index is 732. The van der Waals surface area contributed by atoms with Crippen LogP contribution in [0.3, 0.4) is 0 Å². The van der Waals surface area contributed by atoms with Crippen molar-refractivity contribution >= 4 is 23.2 Å². The van der Waals surface area contributed by atoms with Crippen LogP contribution in [-0.2, 0) is 16.0 Å². The van der Waals surface area contributed by atoms with Gasteiger partial charge < -0.3 is 10.0 Å². The van der Waals surface area contributed by atoms with E-state index in [-0.39, 0.29) is 18.1 Å². The van der Waals surface area contributed by atoms with Gasteiger partial charge in [0.25, 0.3) is 0 Å². The highest BCUT2D eigenvalue weighted by molar-refractivity contribution is 7.10. The van der Waals surface area contributed by atoms with E-state index in [0.29, 0.717) is 24.9 Å². The Hall–Kier alpha value is -2.21. The van der Waals surface area contributed by atoms with Gasteiger partial charge in [0.2, 0.25) is 5.91 Å². The summed E-state index contributed by atoms with van der Waals surface area (Å²) in [5, 5.41) is 11.4. The zero-order valence-electron chi connectivity index (χ0n) is 13.0. The number of carboxylic acid groups (broad SMARTS) is 1. The van der Waals surface area contributed by atoms with Crippen LogP contribution in [0, 0.1) is 11.7 Å². The average molecular weight is 347 g/mol. The highest BCUT2D eigenvalue weighted by atomic mass is 32.1. The molecule has 1 saturated heterocycles. The fourth-order valence-electron chi connectivity index (χ4n) is 3.23. The summed E-state index contributed by atoms with van der Waals surface area (Å²) in [6, 6.07) is 9.71. The summed E-state index contributed by atoms with van der Waals surface area (Å²) in [6.45, 7) is 0.312. The van der Waals surface area contributed by atoms with Crippen LogP contribution in [0.1, 0.15) is 29.3 Å². The van der Waals surface area contributed by atoms with E-state index in [1.807, 2.05) is 17.5 Å². The SMILES string of the molecule is O=C(O)[C@@H]1CCC(=O)N(CCc2ccccc2F)[C@@H]1c1cccs1. The van der Waals surface area contributed by atoms with Gasteiger partial charge >= 0.3 is 5.97 Å². The van der Waals surface area contributed by atoms with Crippen molar-refractivity contribution in [3.05, 3.63) is 58.0 Å². The lowest BCUT2D eigenvalue weighted by atomic mass is 9.87. The molecule has 0 unspecified atom stereocenters. The summed E-state index contributed by atoms with van der Waals surface area (Å²) in [7, 11) is 0. The van der Waals surface area contributed by atoms with Gasteiger partial charge in [-0.25, -0.2) is 4.39 Å². The van der Waals surface area contributed by atoms with Crippen molar-refractivity contribution in [1.29, 1.82) is 0 Å². The third-order valence-corrected chi connectivity index (χ3v) is 5.38. The first-order valence-corrected chi connectivity index (χ1v) is 8.75. The standard InChI is InChI=1S/C18H18FNO3S/c19-14-5-2-1-4-12(14)9-10-20-16(21)8-7-13(18(22)23)17(20)15-6-3-11-24-15/h1-6,11,13,17H,7-10H2,(H,22,23)/t13-,17+/m1/s1. The first-order valence-electron chi connectivity index (χ1n) is 7.87. The molecule has 1 aromatic heterocycles. The number of hydrogen-bond acceptors (Lipinski definition) is 3. The Morgan fingerprint density at radius 3 is 2.75 bits per heavy atom. The first-order chi connectivity index (χ1) is 11.6. The zero-order valence-corrected chi connectivity index (χ0v) is 13.8. The summed E-state index contributed by atoms with van der Waals surface area (Å²) in [5.41, 5.74) is 0.535. The number of halogens is 1. The number of rotatable bonds is 5. The predicted octanol–water partition coefficient (Wildman–Crippen LogP) is 3.49. The van der Waals surface area contributed by atoms with Crippen LogP contribution in [0.2, 0.25) is 0 Å². The number of carbonyl (C=O) groups excluding carboxylic acids is 1. The third kappa shape index (κ3) is 3.33. The van der Waals surface area contributed by atoms with Crippen molar-refractivity contribution < 1.29 is 19.1 Å². The van der Waals surface area contributed by atoms with Gasteiger partial charge in [-0.1, -0.05) is 24.3 Å². The van der Waals surface area contributed by atoms with Crippen molar-refractivity contribution in [3.63, 3.8) is 0 Å². The van der Waals surface area contributed by atoms with E-state index in [1.165, 1.54) is 17.4 Å². The molecule has 1 aliphatic rings. The highest BCUT2D eigenvalue weighted by Crippen LogP contribution is 2.39. The van der Waals surface area contributed by atoms with Gasteiger partial charge in [-0.3, -0.25) is 9.59 Å². The van der Waals surface area contributed by atoms with E-state index in [2.05, 4.69) is 0 Å². The Balaban J connectivity index is 1.85. The van der Waals surface area contributed by atoms with E-state index >= 15 is 0 Å². The fourth-order valence-corrected chi connectivity index (χ4v) is 4.13. The number of thiophene rings is 1. The molecular formula is C18H18FNO3S. The number of benzene rings is 1. The molecule has 4 nitrogen and oxygen atoms in total. The molecule has 1 N–H and O–H groups in total. The molecule has 0 saturated carbocycles. The molecule has 0 bridgehead atoms. The second-order valence-corrected chi connectivity index (χ2v) is 6.85. The van der Waals surface area contributed by atoms with E-state index in [0.717, 1.165) is 4.88 Å². The average Bonchev–Trinajstić information content (AvgIpc) is 3.08. The van der Waals surface area contributed by atoms with Crippen LogP contribution in [0.25, 0.3) is 0 Å². The Kier molecular flexibility index (Phi) is 4.94. The molecule has 2 heterocycles. The third-order valence-electron chi connectivity index (χ3n) is 4.44. The van der Waals surface area contributed by atoms with E-state index < -0.39 is 17.9 Å². The maximum Gasteiger partial charge on any atom is 0.308 e. The first kappa shape index (κ1) is 16.6. The second kappa shape index (κ2) is 7.13. The quantitative estimate of drug-likeness (QED) is 0.901. The molecule has 6 heteroatoms. The Morgan fingerprint density at radius 1 is 1.29 bits per heavy atom. The van der Waals surface area contributed by atoms with Crippen LogP contribution in [0.4, 0.5) is 4.39 Å². The summed E-state index contributed by atoms with van der Waals surface area (Å²) >= 11 is 1.45. The molecule has 2 aromatic rings. The lowest BCUT2D eigenvalue weighted by Crippen LogP contribution is -2.45. The predicted molar refractivity (Wildman–Crippen MR) is 89.2 cm³/mol. The topological polar surface area (TPSA) is 57.6 Å². The van der Waals surface area contributed by atoms with E-state index in [9.17, 15) is 19.1 Å². The molecule has 1 amide bonds. The molecule has 0 aliphatic carbocycles. The van der Waals surface area contributed by atoms with Gasteiger partial charge in [0.1, 0.15) is 5.82 Å². The number of carbonyl (C=O) groups is 2. The monoisotopic (exact) mass is 347 g/mol. The maximum absolute atomic E-state index is 13.8. The molecule has 1 aromatic carbocycles. The highest BCUT2D eigenvalue weighted by Gasteiger charge is 2.41. The molecule has 1 aliphatic heterocycles. The van der Waals surface area contributed by atoms with Crippen LogP contribution < -0.4 is 0 Å². The van der Waals surface area contributed by atoms with Crippen molar-refractivity contribution in [2.24, 2.45) is 5.92 Å². The minimum Gasteiger partial charge on any atom is -0.481 e. The van der Waals surface area contributed by atoms with Crippen LogP contribution >= 0.6 is 11.3 Å². The number of carboxylic acids is 1. The molecule has 24 heavy (non-hydrogen) atoms. The molecule has 0 radical (unpaired) electrons. The molecule has 1 fully saturated rings. The van der Waals surface area contributed by atoms with Gasteiger partial charge in [0.05, 0.1) is 12.0 Å². The number of hydrogen-bond donors (Lipinski definition) is 1. The van der Waals surface area contributed by atoms with Crippen molar-refractivity contribution in [3.8, 4) is 0 Å². The van der Waals surface area contributed by atoms with Gasteiger partial charge in [0, 0.05) is 17.8 Å². The number of nitrogens with zero attached hydrogens (tertiary/aromatic N) is 1. The summed E-state index contributed by atoms with van der Waals surface area (Å²) in [6.07, 6.45) is 0.926. The van der Waals surface area contributed by atoms with Gasteiger partial charge in [-0.2, -0.15) is 0 Å². The second-order valence-electron chi connectivity index (χ2n) is 5.87. The lowest BCUT2D eigenvalue weighted by molar-refractivity contribution is -0.151. The van der Waals surface area contributed by atoms with Crippen molar-refractivity contribution in [2.75, 3.05) is 6.54 Å². The summed E-state index contributed by atoms with van der Waals surface area (Å²) in [5.74, 6) is -1.88. The number of amides is 1. The van der Waals surface area contributed by atoms with Crippen molar-refractivity contribution in [2.45, 2.75) is 25.3 Å². The number of piperidine rings is 1. The smallest absolute Gasteiger partial charge is 0.308 e. The normalized spacial score (nSPS) is 21.0. The molecule has 0 spiro atoms. The van der Waals surface area contributed by atoms with Crippen LogP contribution in [-0.4, -0.2) is 28.4 Å². The molecule has 3 rings (SSSR count). The lowest BCUT2D eigenvalue weighted by Gasteiger charge is -2.39. The maximum atomic E-state index is 13.8. The van der Waals surface area contributed by atoms with E-state index in [1.54, 1.807) is 23.1 Å². The van der Waals surface area contributed by atoms with Gasteiger partial charge in [-0.05, 0) is 35.9 Å².